The molecule has 0 aromatic heterocycles. The van der Waals surface area contributed by atoms with Crippen LogP contribution in [0.4, 0.5) is 5.69 Å². The van der Waals surface area contributed by atoms with Crippen molar-refractivity contribution in [1.82, 2.24) is 0 Å². The molecule has 0 spiro atoms. The highest BCUT2D eigenvalue weighted by atomic mass is 79.9. The number of hydrogen-bond acceptors (Lipinski definition) is 2. The molecular weight excluding hydrogens is 310 g/mol. The number of halogens is 1. The lowest BCUT2D eigenvalue weighted by Gasteiger charge is -2.09. The Morgan fingerprint density at radius 3 is 2.00 bits per heavy atom. The second kappa shape index (κ2) is 7.95. The lowest BCUT2D eigenvalue weighted by atomic mass is 10.3. The van der Waals surface area contributed by atoms with Gasteiger partial charge in [-0.15, -0.1) is 0 Å². The molecule has 0 aliphatic carbocycles. The van der Waals surface area contributed by atoms with Gasteiger partial charge in [0.1, 0.15) is 0 Å². The van der Waals surface area contributed by atoms with Crippen molar-refractivity contribution >= 4 is 31.3 Å². The standard InChI is InChI=1S/C14H22BrNOS/c1-3-5-11-18(17,12-6-4-2)16-14-9-7-13(15)8-10-14/h7-10H,3-6,11-12H2,1-2H3. The fraction of sp³-hybridized carbons (Fsp3) is 0.571. The van der Waals surface area contributed by atoms with E-state index in [4.69, 9.17) is 0 Å². The van der Waals surface area contributed by atoms with Crippen LogP contribution in [0, 0.1) is 0 Å². The summed E-state index contributed by atoms with van der Waals surface area (Å²) in [7, 11) is -2.07. The van der Waals surface area contributed by atoms with Crippen molar-refractivity contribution in [1.29, 1.82) is 0 Å². The Kier molecular flexibility index (Phi) is 6.94. The van der Waals surface area contributed by atoms with Gasteiger partial charge < -0.3 is 0 Å². The number of benzene rings is 1. The van der Waals surface area contributed by atoms with Crippen LogP contribution in [0.5, 0.6) is 0 Å². The number of nitrogens with zero attached hydrogens (tertiary/aromatic N) is 1. The summed E-state index contributed by atoms with van der Waals surface area (Å²) in [6, 6.07) is 7.72. The molecule has 102 valence electrons. The minimum absolute atomic E-state index is 0.722. The first-order valence-electron chi connectivity index (χ1n) is 6.57. The summed E-state index contributed by atoms with van der Waals surface area (Å²) in [5.41, 5.74) is 0.829. The first kappa shape index (κ1) is 15.7. The van der Waals surface area contributed by atoms with Gasteiger partial charge in [0.15, 0.2) is 0 Å². The predicted molar refractivity (Wildman–Crippen MR) is 83.9 cm³/mol. The lowest BCUT2D eigenvalue weighted by Crippen LogP contribution is -2.10. The molecule has 0 bridgehead atoms. The highest BCUT2D eigenvalue weighted by Crippen LogP contribution is 2.20. The summed E-state index contributed by atoms with van der Waals surface area (Å²) >= 11 is 3.40. The Bertz CT molecular complexity index is 447. The molecule has 0 radical (unpaired) electrons. The Balaban J connectivity index is 2.93. The highest BCUT2D eigenvalue weighted by Gasteiger charge is 2.08. The summed E-state index contributed by atoms with van der Waals surface area (Å²) in [4.78, 5) is 0. The summed E-state index contributed by atoms with van der Waals surface area (Å²) < 4.78 is 18.3. The summed E-state index contributed by atoms with van der Waals surface area (Å²) in [5.74, 6) is 1.44. The molecule has 0 amide bonds. The molecule has 0 saturated heterocycles. The molecular formula is C14H22BrNOS. The fourth-order valence-corrected chi connectivity index (χ4v) is 4.26. The van der Waals surface area contributed by atoms with E-state index in [1.54, 1.807) is 0 Å². The zero-order chi connectivity index (χ0) is 13.4. The fourth-order valence-electron chi connectivity index (χ4n) is 1.63. The number of rotatable bonds is 7. The molecule has 0 N–H and O–H groups in total. The van der Waals surface area contributed by atoms with E-state index in [0.717, 1.165) is 47.3 Å². The van der Waals surface area contributed by atoms with Crippen LogP contribution < -0.4 is 0 Å². The van der Waals surface area contributed by atoms with Gasteiger partial charge >= 0.3 is 0 Å². The largest absolute Gasteiger partial charge is 0.249 e. The van der Waals surface area contributed by atoms with E-state index in [2.05, 4.69) is 34.1 Å². The Hall–Kier alpha value is -0.350. The van der Waals surface area contributed by atoms with Crippen LogP contribution >= 0.6 is 15.9 Å². The van der Waals surface area contributed by atoms with E-state index in [-0.39, 0.29) is 0 Å². The van der Waals surface area contributed by atoms with Crippen LogP contribution in [-0.4, -0.2) is 15.7 Å². The molecule has 4 heteroatoms. The van der Waals surface area contributed by atoms with Gasteiger partial charge in [-0.3, -0.25) is 0 Å². The molecule has 1 aromatic carbocycles. The zero-order valence-corrected chi connectivity index (χ0v) is 13.6. The van der Waals surface area contributed by atoms with Gasteiger partial charge in [0.25, 0.3) is 0 Å². The van der Waals surface area contributed by atoms with Gasteiger partial charge in [0.2, 0.25) is 0 Å². The zero-order valence-electron chi connectivity index (χ0n) is 11.2. The molecule has 0 fully saturated rings. The summed E-state index contributed by atoms with van der Waals surface area (Å²) in [6.07, 6.45) is 4.11. The SMILES string of the molecule is CCCCS(=O)(CCCC)=Nc1ccc(Br)cc1. The van der Waals surface area contributed by atoms with Crippen LogP contribution in [0.25, 0.3) is 0 Å². The minimum Gasteiger partial charge on any atom is -0.249 e. The highest BCUT2D eigenvalue weighted by molar-refractivity contribution is 9.10. The Morgan fingerprint density at radius 2 is 1.56 bits per heavy atom. The van der Waals surface area contributed by atoms with Crippen molar-refractivity contribution in [3.8, 4) is 0 Å². The smallest absolute Gasteiger partial charge is 0.0731 e. The van der Waals surface area contributed by atoms with Crippen molar-refractivity contribution in [2.24, 2.45) is 4.36 Å². The van der Waals surface area contributed by atoms with E-state index >= 15 is 0 Å². The van der Waals surface area contributed by atoms with Gasteiger partial charge in [-0.05, 0) is 37.1 Å². The molecule has 0 saturated carbocycles. The molecule has 0 aliphatic rings. The second-order valence-corrected chi connectivity index (χ2v) is 7.92. The molecule has 0 aliphatic heterocycles. The molecule has 1 rings (SSSR count). The first-order chi connectivity index (χ1) is 8.59. The Morgan fingerprint density at radius 1 is 1.06 bits per heavy atom. The minimum atomic E-state index is -2.07. The lowest BCUT2D eigenvalue weighted by molar-refractivity contribution is 0.669. The maximum absolute atomic E-state index is 12.8. The van der Waals surface area contributed by atoms with Gasteiger partial charge in [0.05, 0.1) is 15.4 Å². The van der Waals surface area contributed by atoms with Gasteiger partial charge in [-0.25, -0.2) is 4.21 Å². The van der Waals surface area contributed by atoms with E-state index in [1.807, 2.05) is 24.3 Å². The van der Waals surface area contributed by atoms with Crippen LogP contribution in [0.3, 0.4) is 0 Å². The third-order valence-electron chi connectivity index (χ3n) is 2.73. The van der Waals surface area contributed by atoms with Crippen molar-refractivity contribution < 1.29 is 4.21 Å². The molecule has 1 aromatic rings. The van der Waals surface area contributed by atoms with Crippen molar-refractivity contribution in [2.45, 2.75) is 39.5 Å². The maximum atomic E-state index is 12.8. The van der Waals surface area contributed by atoms with Crippen LogP contribution in [0.2, 0.25) is 0 Å². The molecule has 0 unspecified atom stereocenters. The number of hydrogen-bond donors (Lipinski definition) is 0. The average Bonchev–Trinajstić information content (AvgIpc) is 2.37. The quantitative estimate of drug-likeness (QED) is 0.679. The van der Waals surface area contributed by atoms with Crippen LogP contribution in [0.15, 0.2) is 33.1 Å². The van der Waals surface area contributed by atoms with Crippen LogP contribution in [-0.2, 0) is 9.73 Å². The van der Waals surface area contributed by atoms with Gasteiger partial charge in [0, 0.05) is 16.0 Å². The Labute approximate surface area is 119 Å². The van der Waals surface area contributed by atoms with Crippen molar-refractivity contribution in [3.05, 3.63) is 28.7 Å². The maximum Gasteiger partial charge on any atom is 0.0731 e. The predicted octanol–water partition coefficient (Wildman–Crippen LogP) is 5.15. The average molecular weight is 332 g/mol. The second-order valence-electron chi connectivity index (χ2n) is 4.46. The monoisotopic (exact) mass is 331 g/mol. The normalized spacial score (nSPS) is 11.5. The van der Waals surface area contributed by atoms with Crippen molar-refractivity contribution in [2.75, 3.05) is 11.5 Å². The van der Waals surface area contributed by atoms with Crippen molar-refractivity contribution in [3.63, 3.8) is 0 Å². The van der Waals surface area contributed by atoms with Crippen LogP contribution in [0.1, 0.15) is 39.5 Å². The molecule has 2 nitrogen and oxygen atoms in total. The van der Waals surface area contributed by atoms with E-state index in [1.165, 1.54) is 0 Å². The van der Waals surface area contributed by atoms with Gasteiger partial charge in [-0.2, -0.15) is 4.36 Å². The molecule has 18 heavy (non-hydrogen) atoms. The molecule has 0 atom stereocenters. The summed E-state index contributed by atoms with van der Waals surface area (Å²) in [6.45, 7) is 4.25. The number of unbranched alkanes of at least 4 members (excludes halogenated alkanes) is 2. The first-order valence-corrected chi connectivity index (χ1v) is 9.22. The van der Waals surface area contributed by atoms with E-state index in [9.17, 15) is 4.21 Å². The van der Waals surface area contributed by atoms with E-state index in [0.29, 0.717) is 0 Å². The van der Waals surface area contributed by atoms with Gasteiger partial charge in [-0.1, -0.05) is 42.6 Å². The summed E-state index contributed by atoms with van der Waals surface area (Å²) in [5, 5.41) is 0. The molecule has 0 heterocycles. The third kappa shape index (κ3) is 5.53. The van der Waals surface area contributed by atoms with E-state index < -0.39 is 9.73 Å². The topological polar surface area (TPSA) is 29.4 Å². The third-order valence-corrected chi connectivity index (χ3v) is 5.66.